The number of carbonyl (C=O) groups excluding carboxylic acids is 11. The molecule has 0 unspecified atom stereocenters. The van der Waals surface area contributed by atoms with Gasteiger partial charge in [0.1, 0.15) is 0 Å². The van der Waals surface area contributed by atoms with Crippen molar-refractivity contribution in [2.45, 2.75) is 222 Å². The van der Waals surface area contributed by atoms with Crippen LogP contribution in [0.15, 0.2) is 146 Å². The molecule has 6 aromatic rings. The van der Waals surface area contributed by atoms with Crippen molar-refractivity contribution in [2.24, 2.45) is 0 Å². The second-order valence-corrected chi connectivity index (χ2v) is 38.0. The highest BCUT2D eigenvalue weighted by Gasteiger charge is 2.28. The average Bonchev–Trinajstić information content (AvgIpc) is 1.67. The van der Waals surface area contributed by atoms with Gasteiger partial charge < -0.3 is 57.8 Å². The van der Waals surface area contributed by atoms with E-state index in [9.17, 15) is 52.7 Å². The fraction of sp³-hybridized carbons (Fsp3) is 0.530. The van der Waals surface area contributed by atoms with Gasteiger partial charge in [0, 0.05) is 78.5 Å². The number of likely N-dealkylation sites (N-methyl/N-ethyl adjacent to an activating group) is 1. The topological polar surface area (TPSA) is 263 Å². The number of hydrogen-bond acceptors (Lipinski definition) is 18. The van der Waals surface area contributed by atoms with Gasteiger partial charge >= 0.3 is 35.8 Å². The quantitative estimate of drug-likeness (QED) is 0.0607. The number of likely N-dealkylation sites (tertiary alicyclic amines) is 4. The summed E-state index contributed by atoms with van der Waals surface area (Å²) in [5.74, 6) is -3.01. The van der Waals surface area contributed by atoms with Crippen molar-refractivity contribution in [3.63, 3.8) is 0 Å². The molecular formula is C100H138N6O17. The number of benzene rings is 6. The van der Waals surface area contributed by atoms with Gasteiger partial charge in [0.15, 0.2) is 33.0 Å². The zero-order chi connectivity index (χ0) is 91.0. The summed E-state index contributed by atoms with van der Waals surface area (Å²) in [5, 5.41) is 0. The molecule has 0 aliphatic carbocycles. The van der Waals surface area contributed by atoms with Crippen LogP contribution >= 0.6 is 0 Å². The fourth-order valence-corrected chi connectivity index (χ4v) is 13.2. The number of ether oxygens (including phenoxy) is 6. The first-order valence-electron chi connectivity index (χ1n) is 43.5. The molecule has 5 aliphatic rings. The average molecular weight is 1700 g/mol. The van der Waals surface area contributed by atoms with Crippen LogP contribution in [0, 0.1) is 0 Å². The summed E-state index contributed by atoms with van der Waals surface area (Å²) >= 11 is 0. The summed E-state index contributed by atoms with van der Waals surface area (Å²) in [6, 6.07) is 44.4. The molecule has 5 amide bonds. The van der Waals surface area contributed by atoms with Crippen molar-refractivity contribution in [2.75, 3.05) is 125 Å². The normalized spacial score (nSPS) is 14.9. The summed E-state index contributed by atoms with van der Waals surface area (Å²) < 4.78 is 30.5. The lowest BCUT2D eigenvalue weighted by molar-refractivity contribution is -0.138. The molecule has 23 heteroatoms. The number of nitrogens with zero attached hydrogens (tertiary/aromatic N) is 6. The standard InChI is InChI=1S/C18H26N2O3.2C18H25NO3.C17H23NO3.C16H21NO3.C13H18O2/c1-18(2,3)15-7-5-14(6-8-15)17(22)23-13-16(21)20-11-9-19(4)10-12-20;2*1-18(2,3)15-9-7-14(8-10-15)17(21)22-13-16(20)19-11-5-4-6-12-19;1-17(2,3)14-8-6-13(7-9-14)16(20)21-12-15(19)18-10-4-5-11-18;1-16(2,3)13-7-5-12(6-8-13)15(19)20-11-14(18)17-9-4-10-17;1-5-15-12(14)10-6-8-11(9-7-10)13(2,3)4/h5-8H,9-13H2,1-4H3;2*7-10H,4-6,11-13H2,1-3H3;6-9H,4-5,10-12H2,1-3H3;5-8H,4,9-11H2,1-3H3;6-9H,5H2,1-4H3. The highest BCUT2D eigenvalue weighted by molar-refractivity contribution is 5.95. The second-order valence-electron chi connectivity index (χ2n) is 38.0. The molecule has 0 saturated carbocycles. The molecule has 5 heterocycles. The number of amides is 5. The van der Waals surface area contributed by atoms with Crippen LogP contribution in [-0.4, -0.2) is 220 Å². The third-order valence-corrected chi connectivity index (χ3v) is 21.8. The van der Waals surface area contributed by atoms with E-state index in [-0.39, 0.29) is 101 Å². The van der Waals surface area contributed by atoms with Crippen molar-refractivity contribution in [1.82, 2.24) is 29.4 Å². The van der Waals surface area contributed by atoms with E-state index in [0.29, 0.717) is 53.1 Å². The molecule has 5 saturated heterocycles. The Hall–Kier alpha value is -10.6. The Morgan fingerprint density at radius 1 is 0.220 bits per heavy atom. The summed E-state index contributed by atoms with van der Waals surface area (Å²) in [6.07, 6.45) is 9.59. The van der Waals surface area contributed by atoms with E-state index < -0.39 is 29.8 Å². The molecule has 6 aromatic carbocycles. The fourth-order valence-electron chi connectivity index (χ4n) is 13.2. The first kappa shape index (κ1) is 101. The summed E-state index contributed by atoms with van der Waals surface area (Å²) in [5.41, 5.74) is 10.4. The van der Waals surface area contributed by atoms with Crippen molar-refractivity contribution in [3.05, 3.63) is 212 Å². The predicted molar refractivity (Wildman–Crippen MR) is 480 cm³/mol. The monoisotopic (exact) mass is 1700 g/mol. The number of piperidine rings is 2. The van der Waals surface area contributed by atoms with Crippen molar-refractivity contribution >= 4 is 65.4 Å². The van der Waals surface area contributed by atoms with E-state index in [2.05, 4.69) is 130 Å². The zero-order valence-corrected chi connectivity index (χ0v) is 77.1. The van der Waals surface area contributed by atoms with Gasteiger partial charge in [0.2, 0.25) is 0 Å². The van der Waals surface area contributed by atoms with E-state index in [0.717, 1.165) is 138 Å². The van der Waals surface area contributed by atoms with E-state index in [1.165, 1.54) is 18.4 Å². The Bertz CT molecular complexity index is 4290. The summed E-state index contributed by atoms with van der Waals surface area (Å²) in [7, 11) is 2.03. The molecule has 0 bridgehead atoms. The van der Waals surface area contributed by atoms with Gasteiger partial charge in [-0.2, -0.15) is 0 Å². The maximum Gasteiger partial charge on any atom is 0.338 e. The Balaban J connectivity index is 0.000000229. The van der Waals surface area contributed by atoms with Crippen LogP contribution in [0.1, 0.15) is 285 Å². The molecule has 0 radical (unpaired) electrons. The molecule has 0 atom stereocenters. The van der Waals surface area contributed by atoms with Crippen LogP contribution in [0.25, 0.3) is 0 Å². The Labute approximate surface area is 731 Å². The number of rotatable bonds is 17. The van der Waals surface area contributed by atoms with Crippen molar-refractivity contribution in [3.8, 4) is 0 Å². The lowest BCUT2D eigenvalue weighted by Gasteiger charge is -2.32. The van der Waals surface area contributed by atoms with E-state index in [1.54, 1.807) is 92.1 Å². The molecule has 23 nitrogen and oxygen atoms in total. The van der Waals surface area contributed by atoms with Crippen LogP contribution in [0.4, 0.5) is 0 Å². The third-order valence-electron chi connectivity index (χ3n) is 21.8. The van der Waals surface area contributed by atoms with Gasteiger partial charge in [0.25, 0.3) is 29.5 Å². The highest BCUT2D eigenvalue weighted by atomic mass is 16.6. The second kappa shape index (κ2) is 47.4. The maximum absolute atomic E-state index is 12.1. The summed E-state index contributed by atoms with van der Waals surface area (Å²) in [6.45, 7) is 48.9. The molecular weight excluding hydrogens is 1560 g/mol. The SMILES string of the molecule is CC(C)(C)c1ccc(C(=O)OCC(=O)N2CCC2)cc1.CC(C)(C)c1ccc(C(=O)OCC(=O)N2CCCC2)cc1.CC(C)(C)c1ccc(C(=O)OCC(=O)N2CCCCC2)cc1.CC(C)(C)c1ccc(C(=O)OCC(=O)N2CCCCC2)cc1.CCOC(=O)c1ccc(C(C)(C)C)cc1.CN1CCN(C(=O)COC(=O)c2ccc(C(C)(C)C)cc2)CC1. The Morgan fingerprint density at radius 2 is 0.374 bits per heavy atom. The predicted octanol–water partition coefficient (Wildman–Crippen LogP) is 16.5. The maximum atomic E-state index is 12.1. The number of esters is 6. The van der Waals surface area contributed by atoms with Crippen LogP contribution < -0.4 is 0 Å². The Morgan fingerprint density at radius 3 is 0.528 bits per heavy atom. The molecule has 5 fully saturated rings. The first-order chi connectivity index (χ1) is 57.7. The molecule has 5 aliphatic heterocycles. The number of piperazine rings is 1. The van der Waals surface area contributed by atoms with E-state index in [4.69, 9.17) is 28.4 Å². The van der Waals surface area contributed by atoms with Crippen LogP contribution in [0.5, 0.6) is 0 Å². The van der Waals surface area contributed by atoms with Gasteiger partial charge in [-0.1, -0.05) is 197 Å². The van der Waals surface area contributed by atoms with Gasteiger partial charge in [-0.25, -0.2) is 28.8 Å². The highest BCUT2D eigenvalue weighted by Crippen LogP contribution is 2.29. The van der Waals surface area contributed by atoms with Crippen molar-refractivity contribution < 1.29 is 81.2 Å². The van der Waals surface area contributed by atoms with Gasteiger partial charge in [0.05, 0.1) is 40.0 Å². The molecule has 0 aromatic heterocycles. The van der Waals surface area contributed by atoms with E-state index >= 15 is 0 Å². The summed E-state index contributed by atoms with van der Waals surface area (Å²) in [4.78, 5) is 142. The molecule has 670 valence electrons. The molecule has 0 N–H and O–H groups in total. The van der Waals surface area contributed by atoms with E-state index in [1.807, 2.05) is 92.0 Å². The van der Waals surface area contributed by atoms with Crippen LogP contribution in [0.2, 0.25) is 0 Å². The van der Waals surface area contributed by atoms with Crippen molar-refractivity contribution in [1.29, 1.82) is 0 Å². The molecule has 123 heavy (non-hydrogen) atoms. The number of hydrogen-bond donors (Lipinski definition) is 0. The minimum atomic E-state index is -0.451. The first-order valence-corrected chi connectivity index (χ1v) is 43.5. The Kier molecular flexibility index (Phi) is 39.0. The lowest BCUT2D eigenvalue weighted by atomic mass is 9.87. The largest absolute Gasteiger partial charge is 0.462 e. The minimum Gasteiger partial charge on any atom is -0.462 e. The van der Waals surface area contributed by atoms with Gasteiger partial charge in [-0.3, -0.25) is 24.0 Å². The van der Waals surface area contributed by atoms with Gasteiger partial charge in [-0.15, -0.1) is 0 Å². The van der Waals surface area contributed by atoms with Gasteiger partial charge in [-0.05, 0) is 210 Å². The third kappa shape index (κ3) is 34.6. The minimum absolute atomic E-state index is 0.0415. The zero-order valence-electron chi connectivity index (χ0n) is 77.1. The number of carbonyl (C=O) groups is 11. The lowest BCUT2D eigenvalue weighted by Crippen LogP contribution is -2.48. The molecule has 0 spiro atoms. The smallest absolute Gasteiger partial charge is 0.338 e. The van der Waals surface area contributed by atoms with Crippen LogP contribution in [-0.2, 0) is 84.9 Å². The van der Waals surface area contributed by atoms with Crippen LogP contribution in [0.3, 0.4) is 0 Å². The molecule has 11 rings (SSSR count).